The van der Waals surface area contributed by atoms with Gasteiger partial charge in [0.25, 0.3) is 5.91 Å². The summed E-state index contributed by atoms with van der Waals surface area (Å²) >= 11 is 0. The highest BCUT2D eigenvalue weighted by atomic mass is 16.5. The summed E-state index contributed by atoms with van der Waals surface area (Å²) in [4.78, 5) is 13.8. The number of nitrogens with zero attached hydrogens (tertiary/aromatic N) is 2. The van der Waals surface area contributed by atoms with Crippen LogP contribution in [0.4, 0.5) is 0 Å². The van der Waals surface area contributed by atoms with Crippen molar-refractivity contribution in [1.82, 2.24) is 4.90 Å². The van der Waals surface area contributed by atoms with Crippen molar-refractivity contribution in [1.29, 1.82) is 5.26 Å². The number of benzene rings is 1. The van der Waals surface area contributed by atoms with Crippen molar-refractivity contribution in [3.05, 3.63) is 29.8 Å². The number of ether oxygens (including phenoxy) is 1. The Hall–Kier alpha value is -2.02. The average molecular weight is 258 g/mol. The third kappa shape index (κ3) is 3.47. The first kappa shape index (κ1) is 13.4. The van der Waals surface area contributed by atoms with Gasteiger partial charge in [0.2, 0.25) is 0 Å². The van der Waals surface area contributed by atoms with Crippen molar-refractivity contribution in [3.8, 4) is 11.8 Å². The molecule has 0 bridgehead atoms. The number of para-hydroxylation sites is 1. The molecule has 2 rings (SSSR count). The Morgan fingerprint density at radius 2 is 2.11 bits per heavy atom. The average Bonchev–Trinajstić information content (AvgIpc) is 2.45. The van der Waals surface area contributed by atoms with E-state index in [1.54, 1.807) is 24.3 Å². The quantitative estimate of drug-likeness (QED) is 0.835. The minimum Gasteiger partial charge on any atom is -0.482 e. The predicted octanol–water partition coefficient (Wildman–Crippen LogP) is 2.20. The highest BCUT2D eigenvalue weighted by molar-refractivity contribution is 5.78. The second-order valence-corrected chi connectivity index (χ2v) is 4.96. The van der Waals surface area contributed by atoms with Crippen molar-refractivity contribution < 1.29 is 9.53 Å². The lowest BCUT2D eigenvalue weighted by Gasteiger charge is -2.30. The van der Waals surface area contributed by atoms with Crippen molar-refractivity contribution in [2.24, 2.45) is 5.92 Å². The Morgan fingerprint density at radius 3 is 2.79 bits per heavy atom. The van der Waals surface area contributed by atoms with Gasteiger partial charge >= 0.3 is 0 Å². The summed E-state index contributed by atoms with van der Waals surface area (Å²) in [5, 5.41) is 8.94. The second kappa shape index (κ2) is 6.24. The number of hydrogen-bond donors (Lipinski definition) is 0. The molecule has 1 heterocycles. The van der Waals surface area contributed by atoms with Gasteiger partial charge in [-0.05, 0) is 30.9 Å². The maximum Gasteiger partial charge on any atom is 0.260 e. The van der Waals surface area contributed by atoms with E-state index in [4.69, 9.17) is 10.00 Å². The maximum atomic E-state index is 12.0. The number of amides is 1. The SMILES string of the molecule is CC1CCN(C(=O)COc2ccccc2C#N)CC1. The van der Waals surface area contributed by atoms with Crippen molar-refractivity contribution in [3.63, 3.8) is 0 Å². The first-order chi connectivity index (χ1) is 9.20. The highest BCUT2D eigenvalue weighted by Gasteiger charge is 2.20. The van der Waals surface area contributed by atoms with E-state index < -0.39 is 0 Å². The van der Waals surface area contributed by atoms with E-state index in [1.807, 2.05) is 4.90 Å². The number of carbonyl (C=O) groups excluding carboxylic acids is 1. The summed E-state index contributed by atoms with van der Waals surface area (Å²) in [6, 6.07) is 9.02. The van der Waals surface area contributed by atoms with Crippen LogP contribution in [0.5, 0.6) is 5.75 Å². The Bertz CT molecular complexity index is 485. The first-order valence-corrected chi connectivity index (χ1v) is 6.60. The molecule has 1 aromatic rings. The van der Waals surface area contributed by atoms with E-state index in [2.05, 4.69) is 13.0 Å². The molecule has 0 spiro atoms. The fourth-order valence-corrected chi connectivity index (χ4v) is 2.17. The van der Waals surface area contributed by atoms with Gasteiger partial charge in [-0.1, -0.05) is 19.1 Å². The Balaban J connectivity index is 1.88. The van der Waals surface area contributed by atoms with Gasteiger partial charge in [-0.3, -0.25) is 4.79 Å². The van der Waals surface area contributed by atoms with Crippen LogP contribution in [-0.4, -0.2) is 30.5 Å². The van der Waals surface area contributed by atoms with Gasteiger partial charge in [0, 0.05) is 13.1 Å². The van der Waals surface area contributed by atoms with Crippen LogP contribution in [0.3, 0.4) is 0 Å². The number of carbonyl (C=O) groups is 1. The molecule has 0 atom stereocenters. The molecule has 1 aromatic carbocycles. The number of nitriles is 1. The zero-order chi connectivity index (χ0) is 13.7. The molecule has 0 radical (unpaired) electrons. The first-order valence-electron chi connectivity index (χ1n) is 6.60. The summed E-state index contributed by atoms with van der Waals surface area (Å²) in [5.41, 5.74) is 0.461. The van der Waals surface area contributed by atoms with Crippen LogP contribution in [0, 0.1) is 17.2 Å². The van der Waals surface area contributed by atoms with E-state index in [0.717, 1.165) is 25.9 Å². The monoisotopic (exact) mass is 258 g/mol. The zero-order valence-corrected chi connectivity index (χ0v) is 11.1. The standard InChI is InChI=1S/C15H18N2O2/c1-12-6-8-17(9-7-12)15(18)11-19-14-5-3-2-4-13(14)10-16/h2-5,12H,6-9,11H2,1H3. The predicted molar refractivity (Wildman–Crippen MR) is 71.6 cm³/mol. The molecule has 0 unspecified atom stereocenters. The Labute approximate surface area is 113 Å². The van der Waals surface area contributed by atoms with Crippen LogP contribution < -0.4 is 4.74 Å². The molecule has 4 heteroatoms. The van der Waals surface area contributed by atoms with Gasteiger partial charge in [-0.15, -0.1) is 0 Å². The van der Waals surface area contributed by atoms with Crippen LogP contribution >= 0.6 is 0 Å². The molecule has 0 saturated carbocycles. The molecule has 1 aliphatic rings. The number of likely N-dealkylation sites (tertiary alicyclic amines) is 1. The smallest absolute Gasteiger partial charge is 0.260 e. The molecule has 4 nitrogen and oxygen atoms in total. The number of rotatable bonds is 3. The van der Waals surface area contributed by atoms with Gasteiger partial charge in [0.15, 0.2) is 6.61 Å². The Morgan fingerprint density at radius 1 is 1.42 bits per heavy atom. The van der Waals surface area contributed by atoms with Gasteiger partial charge < -0.3 is 9.64 Å². The molecule has 1 saturated heterocycles. The summed E-state index contributed by atoms with van der Waals surface area (Å²) in [5.74, 6) is 1.17. The van der Waals surface area contributed by atoms with E-state index >= 15 is 0 Å². The summed E-state index contributed by atoms with van der Waals surface area (Å²) in [6.07, 6.45) is 2.11. The molecular weight excluding hydrogens is 240 g/mol. The van der Waals surface area contributed by atoms with Gasteiger partial charge in [0.1, 0.15) is 11.8 Å². The molecule has 1 fully saturated rings. The van der Waals surface area contributed by atoms with Crippen LogP contribution in [0.1, 0.15) is 25.3 Å². The lowest BCUT2D eigenvalue weighted by Crippen LogP contribution is -2.40. The van der Waals surface area contributed by atoms with Gasteiger partial charge in [0.05, 0.1) is 5.56 Å². The largest absolute Gasteiger partial charge is 0.482 e. The highest BCUT2D eigenvalue weighted by Crippen LogP contribution is 2.18. The molecule has 0 N–H and O–H groups in total. The minimum atomic E-state index is -0.000331. The van der Waals surface area contributed by atoms with Crippen molar-refractivity contribution in [2.75, 3.05) is 19.7 Å². The number of hydrogen-bond acceptors (Lipinski definition) is 3. The maximum absolute atomic E-state index is 12.0. The molecule has 1 amide bonds. The van der Waals surface area contributed by atoms with Crippen molar-refractivity contribution in [2.45, 2.75) is 19.8 Å². The second-order valence-electron chi connectivity index (χ2n) is 4.96. The topological polar surface area (TPSA) is 53.3 Å². The van der Waals surface area contributed by atoms with Crippen LogP contribution in [0.25, 0.3) is 0 Å². The van der Waals surface area contributed by atoms with E-state index in [9.17, 15) is 4.79 Å². The molecule has 19 heavy (non-hydrogen) atoms. The summed E-state index contributed by atoms with van der Waals surface area (Å²) < 4.78 is 5.46. The third-order valence-corrected chi connectivity index (χ3v) is 3.49. The minimum absolute atomic E-state index is 0.000331. The molecule has 0 aliphatic carbocycles. The van der Waals surface area contributed by atoms with E-state index in [1.165, 1.54) is 0 Å². The summed E-state index contributed by atoms with van der Waals surface area (Å²) in [7, 11) is 0. The van der Waals surface area contributed by atoms with Crippen LogP contribution in [-0.2, 0) is 4.79 Å². The lowest BCUT2D eigenvalue weighted by molar-refractivity contribution is -0.134. The molecular formula is C15H18N2O2. The van der Waals surface area contributed by atoms with E-state index in [0.29, 0.717) is 17.2 Å². The fraction of sp³-hybridized carbons (Fsp3) is 0.467. The van der Waals surface area contributed by atoms with E-state index in [-0.39, 0.29) is 12.5 Å². The van der Waals surface area contributed by atoms with Gasteiger partial charge in [-0.25, -0.2) is 0 Å². The third-order valence-electron chi connectivity index (χ3n) is 3.49. The van der Waals surface area contributed by atoms with Crippen LogP contribution in [0.2, 0.25) is 0 Å². The van der Waals surface area contributed by atoms with Gasteiger partial charge in [-0.2, -0.15) is 5.26 Å². The van der Waals surface area contributed by atoms with Crippen molar-refractivity contribution >= 4 is 5.91 Å². The zero-order valence-electron chi connectivity index (χ0n) is 11.1. The lowest BCUT2D eigenvalue weighted by atomic mass is 9.99. The number of piperidine rings is 1. The molecule has 100 valence electrons. The van der Waals surface area contributed by atoms with Crippen LogP contribution in [0.15, 0.2) is 24.3 Å². The normalized spacial score (nSPS) is 15.9. The Kier molecular flexibility index (Phi) is 4.40. The molecule has 1 aliphatic heterocycles. The summed E-state index contributed by atoms with van der Waals surface area (Å²) in [6.45, 7) is 3.83. The molecule has 0 aromatic heterocycles. The fourth-order valence-electron chi connectivity index (χ4n) is 2.17.